The average molecular weight is 466 g/mol. The monoisotopic (exact) mass is 465 g/mol. The second-order valence-corrected chi connectivity index (χ2v) is 8.47. The van der Waals surface area contributed by atoms with E-state index in [9.17, 15) is 14.7 Å². The Hall–Kier alpha value is -3.79. The molecule has 3 aromatic rings. The smallest absolute Gasteiger partial charge is 0.335 e. The Labute approximate surface area is 194 Å². The molecule has 0 bridgehead atoms. The van der Waals surface area contributed by atoms with Gasteiger partial charge in [0.25, 0.3) is 5.91 Å². The number of ether oxygens (including phenoxy) is 1. The maximum absolute atomic E-state index is 13.5. The zero-order valence-electron chi connectivity index (χ0n) is 18.3. The van der Waals surface area contributed by atoms with Gasteiger partial charge in [0.15, 0.2) is 0 Å². The number of para-hydroxylation sites is 2. The number of carboxylic acid groups (broad SMARTS) is 1. The average Bonchev–Trinajstić information content (AvgIpc) is 3.20. The number of anilines is 2. The minimum Gasteiger partial charge on any atom is -0.495 e. The summed E-state index contributed by atoms with van der Waals surface area (Å²) < 4.78 is 7.03. The quantitative estimate of drug-likeness (QED) is 0.448. The molecule has 0 radical (unpaired) electrons. The van der Waals surface area contributed by atoms with Gasteiger partial charge in [-0.2, -0.15) is 4.98 Å². The van der Waals surface area contributed by atoms with Crippen LogP contribution in [0.3, 0.4) is 0 Å². The standard InChI is InChI=1S/C23H23N5O4S/c1-4-33-23-26-22-24-13(2)18(20(29)25-16-7-5-6-8-17(16)32-3)19(28(22)27-23)14-9-11-15(12-10-14)21(30)31/h5-12,19H,4H2,1-3H3,(H,25,29)(H,30,31)(H,24,26,27)/t19-/m0/s1. The Kier molecular flexibility index (Phi) is 6.36. The number of hydrogen-bond donors (Lipinski definition) is 3. The number of amides is 1. The van der Waals surface area contributed by atoms with Crippen LogP contribution in [0.25, 0.3) is 0 Å². The van der Waals surface area contributed by atoms with E-state index in [1.165, 1.54) is 23.9 Å². The second-order valence-electron chi connectivity index (χ2n) is 7.24. The first kappa shape index (κ1) is 22.4. The van der Waals surface area contributed by atoms with Gasteiger partial charge in [-0.15, -0.1) is 5.10 Å². The molecule has 1 atom stereocenters. The van der Waals surface area contributed by atoms with Crippen LogP contribution in [0.15, 0.2) is 65.0 Å². The molecule has 1 amide bonds. The number of aromatic nitrogens is 3. The number of benzene rings is 2. The second kappa shape index (κ2) is 9.37. The van der Waals surface area contributed by atoms with E-state index in [1.807, 2.05) is 19.1 Å². The molecule has 0 fully saturated rings. The third kappa shape index (κ3) is 4.42. The van der Waals surface area contributed by atoms with E-state index in [2.05, 4.69) is 20.7 Å². The number of carboxylic acids is 1. The van der Waals surface area contributed by atoms with Crippen LogP contribution in [0.2, 0.25) is 0 Å². The first-order valence-electron chi connectivity index (χ1n) is 10.3. The highest BCUT2D eigenvalue weighted by atomic mass is 32.2. The maximum Gasteiger partial charge on any atom is 0.335 e. The summed E-state index contributed by atoms with van der Waals surface area (Å²) in [6.45, 7) is 3.82. The highest BCUT2D eigenvalue weighted by molar-refractivity contribution is 7.99. The van der Waals surface area contributed by atoms with Crippen molar-refractivity contribution in [3.05, 3.63) is 70.9 Å². The van der Waals surface area contributed by atoms with E-state index >= 15 is 0 Å². The Morgan fingerprint density at radius 2 is 1.94 bits per heavy atom. The summed E-state index contributed by atoms with van der Waals surface area (Å²) in [4.78, 5) is 29.4. The SMILES string of the molecule is CCSc1nc2n(n1)[C@@H](c1ccc(C(=O)O)cc1)C(C(=O)Nc1ccccc1OC)=C(C)N2. The number of carbonyl (C=O) groups is 2. The minimum absolute atomic E-state index is 0.162. The molecule has 33 heavy (non-hydrogen) atoms. The van der Waals surface area contributed by atoms with E-state index in [-0.39, 0.29) is 11.5 Å². The van der Waals surface area contributed by atoms with Crippen molar-refractivity contribution in [2.75, 3.05) is 23.5 Å². The number of hydrogen-bond acceptors (Lipinski definition) is 7. The number of fused-ring (bicyclic) bond motifs is 1. The fraction of sp³-hybridized carbons (Fsp3) is 0.217. The molecule has 2 aromatic carbocycles. The molecular formula is C23H23N5O4S. The van der Waals surface area contributed by atoms with Gasteiger partial charge in [-0.05, 0) is 42.5 Å². The van der Waals surface area contributed by atoms with Crippen LogP contribution in [-0.4, -0.2) is 44.6 Å². The van der Waals surface area contributed by atoms with Crippen molar-refractivity contribution < 1.29 is 19.4 Å². The van der Waals surface area contributed by atoms with Gasteiger partial charge >= 0.3 is 5.97 Å². The molecule has 1 aromatic heterocycles. The van der Waals surface area contributed by atoms with Gasteiger partial charge in [-0.25, -0.2) is 9.48 Å². The Bertz CT molecular complexity index is 1240. The van der Waals surface area contributed by atoms with Gasteiger partial charge in [-0.1, -0.05) is 43.0 Å². The number of nitrogens with one attached hydrogen (secondary N) is 2. The highest BCUT2D eigenvalue weighted by Crippen LogP contribution is 2.37. The van der Waals surface area contributed by atoms with Crippen LogP contribution in [0.4, 0.5) is 11.6 Å². The van der Waals surface area contributed by atoms with Crippen LogP contribution >= 0.6 is 11.8 Å². The summed E-state index contributed by atoms with van der Waals surface area (Å²) in [5.41, 5.74) is 2.48. The van der Waals surface area contributed by atoms with Gasteiger partial charge in [0.1, 0.15) is 11.8 Å². The molecular weight excluding hydrogens is 442 g/mol. The molecule has 1 aliphatic rings. The predicted molar refractivity (Wildman–Crippen MR) is 126 cm³/mol. The van der Waals surface area contributed by atoms with E-state index in [0.717, 1.165) is 5.75 Å². The highest BCUT2D eigenvalue weighted by Gasteiger charge is 2.34. The van der Waals surface area contributed by atoms with Crippen molar-refractivity contribution in [2.45, 2.75) is 25.0 Å². The third-order valence-corrected chi connectivity index (χ3v) is 5.90. The molecule has 170 valence electrons. The number of thioether (sulfide) groups is 1. The molecule has 0 spiro atoms. The van der Waals surface area contributed by atoms with E-state index < -0.39 is 12.0 Å². The number of rotatable bonds is 7. The lowest BCUT2D eigenvalue weighted by molar-refractivity contribution is -0.113. The van der Waals surface area contributed by atoms with Crippen LogP contribution in [0, 0.1) is 0 Å². The number of carbonyl (C=O) groups excluding carboxylic acids is 1. The molecule has 4 rings (SSSR count). The molecule has 0 aliphatic carbocycles. The van der Waals surface area contributed by atoms with Crippen LogP contribution < -0.4 is 15.4 Å². The summed E-state index contributed by atoms with van der Waals surface area (Å²) >= 11 is 1.49. The van der Waals surface area contributed by atoms with Gasteiger partial charge in [0.2, 0.25) is 11.1 Å². The summed E-state index contributed by atoms with van der Waals surface area (Å²) in [7, 11) is 1.54. The van der Waals surface area contributed by atoms with Crippen molar-refractivity contribution >= 4 is 35.3 Å². The number of nitrogens with zero attached hydrogens (tertiary/aromatic N) is 3. The fourth-order valence-electron chi connectivity index (χ4n) is 3.67. The molecule has 0 unspecified atom stereocenters. The largest absolute Gasteiger partial charge is 0.495 e. The summed E-state index contributed by atoms with van der Waals surface area (Å²) in [6.07, 6.45) is 0. The molecule has 3 N–H and O–H groups in total. The fourth-order valence-corrected chi connectivity index (χ4v) is 4.22. The normalized spacial score (nSPS) is 14.9. The zero-order valence-corrected chi connectivity index (χ0v) is 19.1. The van der Waals surface area contributed by atoms with Gasteiger partial charge < -0.3 is 20.5 Å². The number of allylic oxidation sites excluding steroid dienone is 1. The van der Waals surface area contributed by atoms with Crippen molar-refractivity contribution in [1.82, 2.24) is 14.8 Å². The van der Waals surface area contributed by atoms with Crippen LogP contribution in [-0.2, 0) is 4.79 Å². The lowest BCUT2D eigenvalue weighted by Crippen LogP contribution is -2.31. The van der Waals surface area contributed by atoms with Crippen molar-refractivity contribution in [1.29, 1.82) is 0 Å². The van der Waals surface area contributed by atoms with Crippen molar-refractivity contribution in [3.8, 4) is 5.75 Å². The lowest BCUT2D eigenvalue weighted by atomic mass is 9.94. The van der Waals surface area contributed by atoms with E-state index in [0.29, 0.717) is 39.4 Å². The zero-order chi connectivity index (χ0) is 23.5. The van der Waals surface area contributed by atoms with Crippen LogP contribution in [0.5, 0.6) is 5.75 Å². The first-order valence-corrected chi connectivity index (χ1v) is 11.3. The lowest BCUT2D eigenvalue weighted by Gasteiger charge is -2.28. The summed E-state index contributed by atoms with van der Waals surface area (Å²) in [5.74, 6) is 0.510. The van der Waals surface area contributed by atoms with Crippen molar-refractivity contribution in [2.24, 2.45) is 0 Å². The predicted octanol–water partition coefficient (Wildman–Crippen LogP) is 4.02. The van der Waals surface area contributed by atoms with Gasteiger partial charge in [0, 0.05) is 5.70 Å². The molecule has 1 aliphatic heterocycles. The summed E-state index contributed by atoms with van der Waals surface area (Å²) in [5, 5.41) is 20.6. The Morgan fingerprint density at radius 3 is 2.61 bits per heavy atom. The van der Waals surface area contributed by atoms with Gasteiger partial charge in [0.05, 0.1) is 23.9 Å². The Balaban J connectivity index is 1.78. The van der Waals surface area contributed by atoms with Gasteiger partial charge in [-0.3, -0.25) is 4.79 Å². The number of aromatic carboxylic acids is 1. The molecule has 0 saturated carbocycles. The minimum atomic E-state index is -1.02. The third-order valence-electron chi connectivity index (χ3n) is 5.18. The molecule has 9 nitrogen and oxygen atoms in total. The van der Waals surface area contributed by atoms with E-state index in [1.54, 1.807) is 43.0 Å². The molecule has 0 saturated heterocycles. The van der Waals surface area contributed by atoms with E-state index in [4.69, 9.17) is 4.74 Å². The molecule has 2 heterocycles. The number of methoxy groups -OCH3 is 1. The summed E-state index contributed by atoms with van der Waals surface area (Å²) in [6, 6.07) is 13.0. The molecule has 10 heteroatoms. The van der Waals surface area contributed by atoms with Crippen LogP contribution in [0.1, 0.15) is 35.8 Å². The first-order chi connectivity index (χ1) is 15.9. The Morgan fingerprint density at radius 1 is 1.21 bits per heavy atom. The van der Waals surface area contributed by atoms with Crippen molar-refractivity contribution in [3.63, 3.8) is 0 Å². The maximum atomic E-state index is 13.5. The topological polar surface area (TPSA) is 118 Å².